The maximum atomic E-state index is 13.1. The number of carboxylic acids is 1. The van der Waals surface area contributed by atoms with E-state index >= 15 is 0 Å². The highest BCUT2D eigenvalue weighted by Crippen LogP contribution is 2.44. The van der Waals surface area contributed by atoms with Crippen LogP contribution in [0.1, 0.15) is 55.1 Å². The number of carbonyl (C=O) groups is 2. The van der Waals surface area contributed by atoms with Gasteiger partial charge in [0.1, 0.15) is 6.61 Å². The highest BCUT2D eigenvalue weighted by molar-refractivity contribution is 6.62. The predicted molar refractivity (Wildman–Crippen MR) is 158 cm³/mol. The zero-order valence-corrected chi connectivity index (χ0v) is 23.9. The zero-order valence-electron chi connectivity index (χ0n) is 23.9. The van der Waals surface area contributed by atoms with Crippen molar-refractivity contribution in [2.24, 2.45) is 0 Å². The van der Waals surface area contributed by atoms with Crippen LogP contribution in [0.5, 0.6) is 0 Å². The number of carbonyl (C=O) groups excluding carboxylic acids is 1. The van der Waals surface area contributed by atoms with Gasteiger partial charge >= 0.3 is 19.2 Å². The molecule has 212 valence electrons. The van der Waals surface area contributed by atoms with Crippen LogP contribution in [-0.2, 0) is 14.0 Å². The van der Waals surface area contributed by atoms with E-state index in [0.29, 0.717) is 31.6 Å². The maximum absolute atomic E-state index is 13.1. The molecule has 0 radical (unpaired) electrons. The number of rotatable bonds is 5. The number of carboxylic acid groups (broad SMARTS) is 1. The van der Waals surface area contributed by atoms with Crippen molar-refractivity contribution in [1.29, 1.82) is 0 Å². The van der Waals surface area contributed by atoms with Gasteiger partial charge in [0.2, 0.25) is 0 Å². The molecule has 9 heteroatoms. The molecule has 0 aromatic heterocycles. The van der Waals surface area contributed by atoms with E-state index in [9.17, 15) is 14.7 Å². The van der Waals surface area contributed by atoms with Gasteiger partial charge in [0.25, 0.3) is 0 Å². The van der Waals surface area contributed by atoms with Crippen LogP contribution in [0, 0.1) is 0 Å². The molecule has 0 unspecified atom stereocenters. The molecule has 0 saturated carbocycles. The first-order chi connectivity index (χ1) is 19.5. The molecule has 3 aliphatic rings. The van der Waals surface area contributed by atoms with Gasteiger partial charge in [0, 0.05) is 37.8 Å². The molecule has 0 bridgehead atoms. The Morgan fingerprint density at radius 2 is 1.44 bits per heavy atom. The van der Waals surface area contributed by atoms with E-state index in [1.54, 1.807) is 17.0 Å². The standard InChI is InChI=1S/C32H35BN2O6/c1-31(2)32(3,4)41-33(40-31)22-17-21(29(36)37)18-23(19-22)34-13-15-35(16-14-34)30(38)39-20-28-26-11-7-5-9-24(26)25-10-6-8-12-27(25)28/h5-12,17-19,28H,13-16,20H2,1-4H3,(H,36,37). The Hall–Kier alpha value is -3.82. The summed E-state index contributed by atoms with van der Waals surface area (Å²) in [6, 6.07) is 21.8. The van der Waals surface area contributed by atoms with Crippen LogP contribution in [0.2, 0.25) is 0 Å². The highest BCUT2D eigenvalue weighted by atomic mass is 16.7. The van der Waals surface area contributed by atoms with E-state index in [4.69, 9.17) is 14.0 Å². The fraction of sp³-hybridized carbons (Fsp3) is 0.375. The fourth-order valence-electron chi connectivity index (χ4n) is 5.89. The molecule has 3 aromatic rings. The van der Waals surface area contributed by atoms with Gasteiger partial charge < -0.3 is 29.0 Å². The molecule has 2 saturated heterocycles. The van der Waals surface area contributed by atoms with E-state index in [1.165, 1.54) is 22.3 Å². The van der Waals surface area contributed by atoms with Crippen molar-refractivity contribution < 1.29 is 28.7 Å². The molecule has 0 spiro atoms. The van der Waals surface area contributed by atoms with Crippen LogP contribution < -0.4 is 10.4 Å². The SMILES string of the molecule is CC1(C)OB(c2cc(C(=O)O)cc(N3CCN(C(=O)OCC4c5ccccc5-c5ccccc54)CC3)c2)OC1(C)C. The third-order valence-electron chi connectivity index (χ3n) is 8.95. The Labute approximate surface area is 241 Å². The van der Waals surface area contributed by atoms with E-state index < -0.39 is 24.3 Å². The lowest BCUT2D eigenvalue weighted by molar-refractivity contribution is 0.00578. The second kappa shape index (κ2) is 10.2. The summed E-state index contributed by atoms with van der Waals surface area (Å²) < 4.78 is 18.2. The number of ether oxygens (including phenoxy) is 1. The zero-order chi connectivity index (χ0) is 28.9. The molecule has 6 rings (SSSR count). The number of aromatic carboxylic acids is 1. The average Bonchev–Trinajstić information content (AvgIpc) is 3.40. The van der Waals surface area contributed by atoms with Gasteiger partial charge in [-0.2, -0.15) is 0 Å². The molecule has 8 nitrogen and oxygen atoms in total. The van der Waals surface area contributed by atoms with E-state index in [-0.39, 0.29) is 24.2 Å². The maximum Gasteiger partial charge on any atom is 0.494 e. The van der Waals surface area contributed by atoms with Crippen molar-refractivity contribution in [3.63, 3.8) is 0 Å². The second-order valence-electron chi connectivity index (χ2n) is 12.0. The average molecular weight is 554 g/mol. The molecule has 1 amide bonds. The first-order valence-corrected chi connectivity index (χ1v) is 14.1. The van der Waals surface area contributed by atoms with Crippen LogP contribution >= 0.6 is 0 Å². The van der Waals surface area contributed by atoms with Crippen molar-refractivity contribution >= 4 is 30.3 Å². The molecule has 0 atom stereocenters. The quantitative estimate of drug-likeness (QED) is 0.456. The van der Waals surface area contributed by atoms with Crippen LogP contribution in [0.4, 0.5) is 10.5 Å². The number of nitrogens with zero attached hydrogens (tertiary/aromatic N) is 2. The summed E-state index contributed by atoms with van der Waals surface area (Å²) in [5, 5.41) is 9.80. The highest BCUT2D eigenvalue weighted by Gasteiger charge is 2.52. The summed E-state index contributed by atoms with van der Waals surface area (Å²) >= 11 is 0. The lowest BCUT2D eigenvalue weighted by Gasteiger charge is -2.36. The summed E-state index contributed by atoms with van der Waals surface area (Å²) in [7, 11) is -0.667. The first kappa shape index (κ1) is 27.4. The van der Waals surface area contributed by atoms with Gasteiger partial charge in [-0.15, -0.1) is 0 Å². The summed E-state index contributed by atoms with van der Waals surface area (Å²) in [6.07, 6.45) is -0.330. The van der Waals surface area contributed by atoms with Crippen LogP contribution in [0.15, 0.2) is 66.7 Å². The number of anilines is 1. The molecule has 2 heterocycles. The topological polar surface area (TPSA) is 88.5 Å². The number of hydrogen-bond donors (Lipinski definition) is 1. The minimum Gasteiger partial charge on any atom is -0.478 e. The van der Waals surface area contributed by atoms with E-state index in [2.05, 4.69) is 29.2 Å². The van der Waals surface area contributed by atoms with Gasteiger partial charge in [-0.05, 0) is 73.6 Å². The number of hydrogen-bond acceptors (Lipinski definition) is 6. The molecule has 1 N–H and O–H groups in total. The summed E-state index contributed by atoms with van der Waals surface area (Å²) in [5.74, 6) is -0.998. The summed E-state index contributed by atoms with van der Waals surface area (Å²) in [4.78, 5) is 28.9. The number of fused-ring (bicyclic) bond motifs is 3. The smallest absolute Gasteiger partial charge is 0.478 e. The summed E-state index contributed by atoms with van der Waals surface area (Å²) in [6.45, 7) is 10.2. The third-order valence-corrected chi connectivity index (χ3v) is 8.95. The van der Waals surface area contributed by atoms with Gasteiger partial charge in [0.05, 0.1) is 16.8 Å². The summed E-state index contributed by atoms with van der Waals surface area (Å²) in [5.41, 5.74) is 5.29. The van der Waals surface area contributed by atoms with Gasteiger partial charge in [-0.1, -0.05) is 48.5 Å². The fourth-order valence-corrected chi connectivity index (χ4v) is 5.89. The Morgan fingerprint density at radius 1 is 0.878 bits per heavy atom. The first-order valence-electron chi connectivity index (χ1n) is 14.1. The number of benzene rings is 3. The molecule has 1 aliphatic carbocycles. The third kappa shape index (κ3) is 4.98. The number of amides is 1. The van der Waals surface area contributed by atoms with Crippen molar-refractivity contribution in [3.05, 3.63) is 83.4 Å². The second-order valence-corrected chi connectivity index (χ2v) is 12.0. The Balaban J connectivity index is 1.12. The number of piperazine rings is 1. The Morgan fingerprint density at radius 3 is 2.00 bits per heavy atom. The van der Waals surface area contributed by atoms with Gasteiger partial charge in [-0.25, -0.2) is 9.59 Å². The Kier molecular flexibility index (Phi) is 6.82. The molecule has 2 fully saturated rings. The van der Waals surface area contributed by atoms with Crippen LogP contribution in [-0.4, -0.2) is 73.2 Å². The van der Waals surface area contributed by atoms with Gasteiger partial charge in [-0.3, -0.25) is 0 Å². The Bertz CT molecular complexity index is 1440. The normalized spacial score (nSPS) is 19.2. The van der Waals surface area contributed by atoms with E-state index in [0.717, 1.165) is 5.69 Å². The molecular formula is C32H35BN2O6. The van der Waals surface area contributed by atoms with Crippen LogP contribution in [0.3, 0.4) is 0 Å². The lowest BCUT2D eigenvalue weighted by atomic mass is 9.78. The van der Waals surface area contributed by atoms with Gasteiger partial charge in [0.15, 0.2) is 0 Å². The van der Waals surface area contributed by atoms with Crippen LogP contribution in [0.25, 0.3) is 11.1 Å². The van der Waals surface area contributed by atoms with Crippen molar-refractivity contribution in [3.8, 4) is 11.1 Å². The minimum atomic E-state index is -1.01. The molecule has 2 aliphatic heterocycles. The predicted octanol–water partition coefficient (Wildman–Crippen LogP) is 4.76. The van der Waals surface area contributed by atoms with Crippen molar-refractivity contribution in [2.75, 3.05) is 37.7 Å². The molecular weight excluding hydrogens is 519 g/mol. The van der Waals surface area contributed by atoms with E-state index in [1.807, 2.05) is 58.0 Å². The van der Waals surface area contributed by atoms with Crippen molar-refractivity contribution in [1.82, 2.24) is 4.90 Å². The minimum absolute atomic E-state index is 0.0137. The monoisotopic (exact) mass is 554 g/mol. The molecule has 3 aromatic carbocycles. The lowest BCUT2D eigenvalue weighted by Crippen LogP contribution is -2.49. The largest absolute Gasteiger partial charge is 0.494 e. The van der Waals surface area contributed by atoms with Crippen molar-refractivity contribution in [2.45, 2.75) is 44.8 Å². The molecule has 41 heavy (non-hydrogen) atoms.